The number of phenols is 1. The van der Waals surface area contributed by atoms with Gasteiger partial charge in [-0.3, -0.25) is 4.90 Å². The number of nitrogens with zero attached hydrogens (tertiary/aromatic N) is 1. The van der Waals surface area contributed by atoms with Crippen LogP contribution < -0.4 is 0 Å². The highest BCUT2D eigenvalue weighted by molar-refractivity contribution is 5.44. The fraction of sp³-hybridized carbons (Fsp3) is 0.429. The molecule has 120 valence electrons. The summed E-state index contributed by atoms with van der Waals surface area (Å²) >= 11 is 0. The summed E-state index contributed by atoms with van der Waals surface area (Å²) in [5.41, 5.74) is 4.39. The second kappa shape index (κ2) is 5.38. The molecule has 2 aliphatic rings. The van der Waals surface area contributed by atoms with Crippen molar-refractivity contribution < 1.29 is 5.11 Å². The van der Waals surface area contributed by atoms with Crippen molar-refractivity contribution in [3.63, 3.8) is 0 Å². The Kier molecular flexibility index (Phi) is 3.46. The van der Waals surface area contributed by atoms with Crippen LogP contribution >= 0.6 is 0 Å². The maximum absolute atomic E-state index is 9.92. The molecule has 1 fully saturated rings. The summed E-state index contributed by atoms with van der Waals surface area (Å²) < 4.78 is 0. The highest BCUT2D eigenvalue weighted by Crippen LogP contribution is 2.49. The maximum atomic E-state index is 9.92. The minimum absolute atomic E-state index is 0.185. The van der Waals surface area contributed by atoms with Crippen LogP contribution in [0, 0.1) is 5.92 Å². The van der Waals surface area contributed by atoms with Crippen LogP contribution in [0.2, 0.25) is 0 Å². The number of rotatable bonds is 2. The molecule has 2 aromatic carbocycles. The molecule has 1 aliphatic heterocycles. The summed E-state index contributed by atoms with van der Waals surface area (Å²) in [6.45, 7) is 6.96. The number of phenolic OH excluding ortho intramolecular Hbond substituents is 1. The van der Waals surface area contributed by atoms with Crippen LogP contribution in [0.15, 0.2) is 48.5 Å². The molecule has 0 aromatic heterocycles. The van der Waals surface area contributed by atoms with E-state index in [-0.39, 0.29) is 5.41 Å². The van der Waals surface area contributed by atoms with Crippen LogP contribution in [-0.2, 0) is 18.4 Å². The molecule has 2 heteroatoms. The van der Waals surface area contributed by atoms with Gasteiger partial charge < -0.3 is 5.11 Å². The third kappa shape index (κ3) is 2.36. The normalized spacial score (nSPS) is 30.0. The molecule has 1 aliphatic carbocycles. The predicted octanol–water partition coefficient (Wildman–Crippen LogP) is 4.12. The molecular formula is C21H25NO. The Bertz CT molecular complexity index is 711. The van der Waals surface area contributed by atoms with Crippen LogP contribution in [0.5, 0.6) is 5.75 Å². The largest absolute Gasteiger partial charge is 0.508 e. The molecule has 23 heavy (non-hydrogen) atoms. The van der Waals surface area contributed by atoms with Gasteiger partial charge in [0.25, 0.3) is 0 Å². The maximum Gasteiger partial charge on any atom is 0.115 e. The van der Waals surface area contributed by atoms with Gasteiger partial charge in [0.2, 0.25) is 0 Å². The third-order valence-corrected chi connectivity index (χ3v) is 6.34. The van der Waals surface area contributed by atoms with E-state index in [0.29, 0.717) is 17.7 Å². The van der Waals surface area contributed by atoms with Crippen molar-refractivity contribution in [1.29, 1.82) is 0 Å². The molecule has 2 aromatic rings. The molecule has 1 saturated heterocycles. The summed E-state index contributed by atoms with van der Waals surface area (Å²) in [6.07, 6.45) is 2.26. The smallest absolute Gasteiger partial charge is 0.115 e. The number of hydrogen-bond acceptors (Lipinski definition) is 2. The first-order chi connectivity index (χ1) is 11.1. The Hall–Kier alpha value is -1.80. The SMILES string of the molecule is C[C@@H]1[C@@H]2Cc3ccc(O)cc3[C@]1(C)CCN2Cc1ccccc1. The average Bonchev–Trinajstić information content (AvgIpc) is 2.55. The van der Waals surface area contributed by atoms with Gasteiger partial charge in [0, 0.05) is 12.6 Å². The Labute approximate surface area is 138 Å². The van der Waals surface area contributed by atoms with Gasteiger partial charge in [0.15, 0.2) is 0 Å². The molecule has 0 unspecified atom stereocenters. The van der Waals surface area contributed by atoms with Gasteiger partial charge in [-0.05, 0) is 59.5 Å². The topological polar surface area (TPSA) is 23.5 Å². The van der Waals surface area contributed by atoms with Crippen molar-refractivity contribution in [3.05, 3.63) is 65.2 Å². The second-order valence-corrected chi connectivity index (χ2v) is 7.53. The van der Waals surface area contributed by atoms with E-state index < -0.39 is 0 Å². The van der Waals surface area contributed by atoms with E-state index in [1.54, 1.807) is 0 Å². The molecule has 2 bridgehead atoms. The first-order valence-electron chi connectivity index (χ1n) is 8.68. The summed E-state index contributed by atoms with van der Waals surface area (Å²) in [6, 6.07) is 17.4. The fourth-order valence-corrected chi connectivity index (χ4v) is 4.71. The lowest BCUT2D eigenvalue weighted by Gasteiger charge is -2.54. The van der Waals surface area contributed by atoms with E-state index in [1.165, 1.54) is 16.7 Å². The highest BCUT2D eigenvalue weighted by atomic mass is 16.3. The van der Waals surface area contributed by atoms with Crippen LogP contribution in [-0.4, -0.2) is 22.6 Å². The number of hydrogen-bond donors (Lipinski definition) is 1. The van der Waals surface area contributed by atoms with Gasteiger partial charge >= 0.3 is 0 Å². The summed E-state index contributed by atoms with van der Waals surface area (Å²) in [5.74, 6) is 1.01. The molecule has 2 nitrogen and oxygen atoms in total. The number of piperidine rings is 1. The monoisotopic (exact) mass is 307 g/mol. The Morgan fingerprint density at radius 3 is 2.74 bits per heavy atom. The summed E-state index contributed by atoms with van der Waals surface area (Å²) in [7, 11) is 0. The van der Waals surface area contributed by atoms with Gasteiger partial charge in [-0.1, -0.05) is 50.2 Å². The van der Waals surface area contributed by atoms with E-state index in [1.807, 2.05) is 12.1 Å². The quantitative estimate of drug-likeness (QED) is 0.902. The number of fused-ring (bicyclic) bond motifs is 4. The van der Waals surface area contributed by atoms with Gasteiger partial charge in [-0.15, -0.1) is 0 Å². The first kappa shape index (κ1) is 14.8. The molecular weight excluding hydrogens is 282 g/mol. The Morgan fingerprint density at radius 2 is 1.96 bits per heavy atom. The van der Waals surface area contributed by atoms with Crippen LogP contribution in [0.4, 0.5) is 0 Å². The zero-order chi connectivity index (χ0) is 16.0. The summed E-state index contributed by atoms with van der Waals surface area (Å²) in [4.78, 5) is 2.66. The van der Waals surface area contributed by atoms with E-state index in [0.717, 1.165) is 25.9 Å². The second-order valence-electron chi connectivity index (χ2n) is 7.53. The molecule has 1 heterocycles. The van der Waals surface area contributed by atoms with E-state index >= 15 is 0 Å². The molecule has 0 amide bonds. The average molecular weight is 307 g/mol. The van der Waals surface area contributed by atoms with Crippen LogP contribution in [0.3, 0.4) is 0 Å². The Balaban J connectivity index is 1.67. The minimum atomic E-state index is 0.185. The van der Waals surface area contributed by atoms with Crippen molar-refractivity contribution >= 4 is 0 Å². The lowest BCUT2D eigenvalue weighted by atomic mass is 9.59. The molecule has 0 radical (unpaired) electrons. The van der Waals surface area contributed by atoms with E-state index in [2.05, 4.69) is 55.1 Å². The van der Waals surface area contributed by atoms with Crippen LogP contribution in [0.25, 0.3) is 0 Å². The zero-order valence-corrected chi connectivity index (χ0v) is 14.0. The van der Waals surface area contributed by atoms with Gasteiger partial charge in [0.05, 0.1) is 0 Å². The molecule has 1 N–H and O–H groups in total. The molecule has 3 atom stereocenters. The number of benzene rings is 2. The van der Waals surface area contributed by atoms with Crippen molar-refractivity contribution in [2.24, 2.45) is 5.92 Å². The summed E-state index contributed by atoms with van der Waals surface area (Å²) in [5, 5.41) is 9.92. The molecule has 0 spiro atoms. The number of aromatic hydroxyl groups is 1. The predicted molar refractivity (Wildman–Crippen MR) is 93.6 cm³/mol. The van der Waals surface area contributed by atoms with Crippen molar-refractivity contribution in [1.82, 2.24) is 4.90 Å². The first-order valence-corrected chi connectivity index (χ1v) is 8.68. The Morgan fingerprint density at radius 1 is 1.17 bits per heavy atom. The number of likely N-dealkylation sites (tertiary alicyclic amines) is 1. The van der Waals surface area contributed by atoms with Gasteiger partial charge in [-0.2, -0.15) is 0 Å². The van der Waals surface area contributed by atoms with E-state index in [9.17, 15) is 5.11 Å². The highest BCUT2D eigenvalue weighted by Gasteiger charge is 2.48. The van der Waals surface area contributed by atoms with Crippen molar-refractivity contribution in [2.75, 3.05) is 6.54 Å². The van der Waals surface area contributed by atoms with Crippen molar-refractivity contribution in [3.8, 4) is 5.75 Å². The zero-order valence-electron chi connectivity index (χ0n) is 14.0. The van der Waals surface area contributed by atoms with Crippen molar-refractivity contribution in [2.45, 2.75) is 44.7 Å². The van der Waals surface area contributed by atoms with Gasteiger partial charge in [-0.25, -0.2) is 0 Å². The lowest BCUT2D eigenvalue weighted by molar-refractivity contribution is 0.0258. The standard InChI is InChI=1S/C21H25NO/c1-15-20-12-17-8-9-18(23)13-19(17)21(15,2)10-11-22(20)14-16-6-4-3-5-7-16/h3-9,13,15,20,23H,10-12,14H2,1-2H3/t15-,20+,21-/m1/s1. The fourth-order valence-electron chi connectivity index (χ4n) is 4.71. The van der Waals surface area contributed by atoms with E-state index in [4.69, 9.17) is 0 Å². The van der Waals surface area contributed by atoms with Gasteiger partial charge in [0.1, 0.15) is 5.75 Å². The minimum Gasteiger partial charge on any atom is -0.508 e. The molecule has 0 saturated carbocycles. The molecule has 4 rings (SSSR count). The van der Waals surface area contributed by atoms with Crippen LogP contribution in [0.1, 0.15) is 37.0 Å². The lowest BCUT2D eigenvalue weighted by Crippen LogP contribution is -2.57. The third-order valence-electron chi connectivity index (χ3n) is 6.34.